The molecule has 296 valence electrons. The van der Waals surface area contributed by atoms with Gasteiger partial charge in [-0.05, 0) is 68.8 Å². The van der Waals surface area contributed by atoms with Crippen LogP contribution in [0.1, 0.15) is 49.4 Å². The molecule has 3 aliphatic heterocycles. The van der Waals surface area contributed by atoms with E-state index < -0.39 is 21.7 Å². The summed E-state index contributed by atoms with van der Waals surface area (Å²) in [6, 6.07) is 15.4. The molecule has 0 radical (unpaired) electrons. The van der Waals surface area contributed by atoms with Gasteiger partial charge < -0.3 is 20.3 Å². The molecule has 0 amide bonds. The number of terminal acetylenes is 1. The number of aromatic nitrogens is 6. The summed E-state index contributed by atoms with van der Waals surface area (Å²) in [5.41, 5.74) is 1.12. The van der Waals surface area contributed by atoms with Gasteiger partial charge in [-0.25, -0.2) is 13.8 Å². The van der Waals surface area contributed by atoms with Crippen molar-refractivity contribution in [1.82, 2.24) is 39.3 Å². The van der Waals surface area contributed by atoms with Gasteiger partial charge in [-0.15, -0.1) is 15.6 Å². The van der Waals surface area contributed by atoms with Crippen molar-refractivity contribution in [2.24, 2.45) is 0 Å². The number of benzene rings is 3. The van der Waals surface area contributed by atoms with E-state index >= 15 is 4.39 Å². The highest BCUT2D eigenvalue weighted by Gasteiger charge is 2.35. The van der Waals surface area contributed by atoms with Crippen molar-refractivity contribution in [3.8, 4) is 29.6 Å². The van der Waals surface area contributed by atoms with Crippen molar-refractivity contribution >= 4 is 43.2 Å². The molecular weight excluding hydrogens is 763 g/mol. The maximum absolute atomic E-state index is 17.0. The molecule has 10 rings (SSSR count). The molecule has 3 aromatic carbocycles. The summed E-state index contributed by atoms with van der Waals surface area (Å²) >= 11 is 0. The van der Waals surface area contributed by atoms with Crippen LogP contribution in [0.25, 0.3) is 32.9 Å². The van der Waals surface area contributed by atoms with E-state index in [-0.39, 0.29) is 64.4 Å². The zero-order chi connectivity index (χ0) is 39.7. The number of nitrogens with one attached hydrogen (secondary N) is 2. The van der Waals surface area contributed by atoms with Gasteiger partial charge in [0.15, 0.2) is 11.6 Å². The lowest BCUT2D eigenvalue weighted by Crippen LogP contribution is -2.51. The predicted octanol–water partition coefficient (Wildman–Crippen LogP) is 5.31. The first-order chi connectivity index (χ1) is 28.1. The minimum atomic E-state index is -3.91. The lowest BCUT2D eigenvalue weighted by atomic mass is 9.96. The van der Waals surface area contributed by atoms with Crippen LogP contribution < -0.4 is 20.3 Å². The Hall–Kier alpha value is -5.76. The van der Waals surface area contributed by atoms with Crippen molar-refractivity contribution < 1.29 is 21.9 Å². The van der Waals surface area contributed by atoms with Crippen molar-refractivity contribution in [3.05, 3.63) is 90.1 Å². The number of hydrogen-bond acceptors (Lipinski definition) is 12. The average Bonchev–Trinajstić information content (AvgIpc) is 3.69. The van der Waals surface area contributed by atoms with Crippen molar-refractivity contribution in [2.45, 2.75) is 67.1 Å². The number of halogens is 2. The van der Waals surface area contributed by atoms with E-state index in [0.717, 1.165) is 29.8 Å². The average molecular weight is 803 g/mol. The summed E-state index contributed by atoms with van der Waals surface area (Å²) in [6.07, 6.45) is 13.3. The van der Waals surface area contributed by atoms with Crippen molar-refractivity contribution in [2.75, 3.05) is 43.5 Å². The highest BCUT2D eigenvalue weighted by molar-refractivity contribution is 7.89. The Balaban J connectivity index is 0.919. The second kappa shape index (κ2) is 14.3. The van der Waals surface area contributed by atoms with E-state index in [4.69, 9.17) is 16.1 Å². The maximum Gasteiger partial charge on any atom is 0.319 e. The quantitative estimate of drug-likeness (QED) is 0.173. The molecule has 3 aromatic heterocycles. The molecule has 4 aliphatic rings. The molecule has 58 heavy (non-hydrogen) atoms. The topological polar surface area (TPSA) is 143 Å². The molecule has 1 aliphatic carbocycles. The van der Waals surface area contributed by atoms with Gasteiger partial charge in [0.2, 0.25) is 0 Å². The summed E-state index contributed by atoms with van der Waals surface area (Å²) < 4.78 is 66.0. The number of hydrogen-bond donors (Lipinski definition) is 2. The fourth-order valence-electron chi connectivity index (χ4n) is 8.72. The van der Waals surface area contributed by atoms with Crippen LogP contribution in [0.4, 0.5) is 20.3 Å². The smallest absolute Gasteiger partial charge is 0.319 e. The number of likely N-dealkylation sites (N-methyl/N-ethyl adjacent to an activating group) is 1. The SMILES string of the molecule is C#Cc1c(F)ccc2cccc(-c3ncc4c(N5C[C@H]6CC[C@@H](C5)N6)nc(OC[C@@H]5C[C@@H](Nc6cccc(S(=O)(=O)n7cnc(C8CC8)n7)c6)CN5C)nc4c3F)c12. The van der Waals surface area contributed by atoms with Gasteiger partial charge in [-0.2, -0.15) is 18.4 Å². The van der Waals surface area contributed by atoms with Crippen LogP contribution in [0.3, 0.4) is 0 Å². The second-order valence-corrected chi connectivity index (χ2v) is 17.6. The van der Waals surface area contributed by atoms with Gasteiger partial charge in [0, 0.05) is 72.6 Å². The Morgan fingerprint density at radius 1 is 1.00 bits per heavy atom. The van der Waals surface area contributed by atoms with Crippen LogP contribution >= 0.6 is 0 Å². The number of ether oxygens (including phenoxy) is 1. The monoisotopic (exact) mass is 802 g/mol. The van der Waals surface area contributed by atoms with Crippen LogP contribution in [-0.2, 0) is 10.0 Å². The third kappa shape index (κ3) is 6.56. The lowest BCUT2D eigenvalue weighted by Gasteiger charge is -2.34. The van der Waals surface area contributed by atoms with E-state index in [1.165, 1.54) is 12.4 Å². The van der Waals surface area contributed by atoms with Gasteiger partial charge in [-0.3, -0.25) is 9.88 Å². The van der Waals surface area contributed by atoms with Gasteiger partial charge in [0.25, 0.3) is 10.0 Å². The number of pyridine rings is 1. The molecule has 16 heteroatoms. The third-order valence-corrected chi connectivity index (χ3v) is 13.3. The van der Waals surface area contributed by atoms with Gasteiger partial charge in [-0.1, -0.05) is 36.3 Å². The number of piperazine rings is 1. The van der Waals surface area contributed by atoms with Crippen molar-refractivity contribution in [3.63, 3.8) is 0 Å². The first kappa shape index (κ1) is 36.6. The van der Waals surface area contributed by atoms with E-state index in [1.807, 2.05) is 13.1 Å². The standard InChI is InChI=1S/C42H40F2N10O3S/c1-3-32-35(43)15-12-24-6-4-9-33(36(24)32)38-37(44)39-34(18-45-38)41(53-20-27-13-14-28(21-53)48-27)50-42(49-39)57-22-30-16-29(19-52(30)2)47-26-7-5-8-31(17-26)58(55,56)54-23-46-40(51-54)25-10-11-25/h1,4-9,12,15,17-18,23,25,27-30,47-48H,10-11,13-14,16,19-22H2,2H3/t27-,28+,29-,30+/m1/s1. The zero-order valence-electron chi connectivity index (χ0n) is 31.6. The zero-order valence-corrected chi connectivity index (χ0v) is 32.5. The Kier molecular flexibility index (Phi) is 8.99. The Bertz CT molecular complexity index is 2740. The molecule has 6 aromatic rings. The number of fused-ring (bicyclic) bond motifs is 4. The summed E-state index contributed by atoms with van der Waals surface area (Å²) in [5.74, 6) is 2.54. The number of likely N-dealkylation sites (tertiary alicyclic amines) is 1. The molecule has 3 saturated heterocycles. The van der Waals surface area contributed by atoms with Crippen molar-refractivity contribution in [1.29, 1.82) is 0 Å². The molecule has 13 nitrogen and oxygen atoms in total. The van der Waals surface area contributed by atoms with E-state index in [0.29, 0.717) is 65.1 Å². The highest BCUT2D eigenvalue weighted by Crippen LogP contribution is 2.39. The molecule has 4 atom stereocenters. The normalized spacial score (nSPS) is 22.1. The Labute approximate surface area is 333 Å². The third-order valence-electron chi connectivity index (χ3n) is 11.8. The number of nitrogens with zero attached hydrogens (tertiary/aromatic N) is 8. The maximum atomic E-state index is 17.0. The molecular formula is C42H40F2N10O3S. The van der Waals surface area contributed by atoms with Crippen LogP contribution in [0.15, 0.2) is 72.0 Å². The predicted molar refractivity (Wildman–Crippen MR) is 215 cm³/mol. The van der Waals surface area contributed by atoms with Crippen LogP contribution in [0.5, 0.6) is 6.01 Å². The molecule has 4 fully saturated rings. The molecule has 0 spiro atoms. The largest absolute Gasteiger partial charge is 0.462 e. The van der Waals surface area contributed by atoms with E-state index in [1.54, 1.807) is 48.7 Å². The molecule has 1 saturated carbocycles. The fraction of sp³-hybridized carbons (Fsp3) is 0.357. The number of rotatable bonds is 10. The summed E-state index contributed by atoms with van der Waals surface area (Å²) in [6.45, 7) is 2.29. The van der Waals surface area contributed by atoms with E-state index in [9.17, 15) is 12.8 Å². The molecule has 2 bridgehead atoms. The van der Waals surface area contributed by atoms with Gasteiger partial charge in [0.1, 0.15) is 35.8 Å². The fourth-order valence-corrected chi connectivity index (χ4v) is 9.83. The Morgan fingerprint density at radius 3 is 2.60 bits per heavy atom. The van der Waals surface area contributed by atoms with Gasteiger partial charge >= 0.3 is 6.01 Å². The van der Waals surface area contributed by atoms with Crippen LogP contribution in [-0.4, -0.2) is 99.9 Å². The molecule has 0 unspecified atom stereocenters. The minimum absolute atomic E-state index is 0.00166. The minimum Gasteiger partial charge on any atom is -0.462 e. The van der Waals surface area contributed by atoms with Crippen LogP contribution in [0, 0.1) is 24.0 Å². The first-order valence-electron chi connectivity index (χ1n) is 19.5. The summed E-state index contributed by atoms with van der Waals surface area (Å²) in [5, 5.41) is 12.9. The summed E-state index contributed by atoms with van der Waals surface area (Å²) in [4.78, 5) is 22.8. The van der Waals surface area contributed by atoms with E-state index in [2.05, 4.69) is 46.4 Å². The second-order valence-electron chi connectivity index (χ2n) is 15.8. The first-order valence-corrected chi connectivity index (χ1v) is 21.0. The number of anilines is 2. The summed E-state index contributed by atoms with van der Waals surface area (Å²) in [7, 11) is -1.91. The molecule has 2 N–H and O–H groups in total. The molecule has 6 heterocycles. The van der Waals surface area contributed by atoms with Crippen LogP contribution in [0.2, 0.25) is 0 Å². The lowest BCUT2D eigenvalue weighted by molar-refractivity contribution is 0.188. The highest BCUT2D eigenvalue weighted by atomic mass is 32.2. The Morgan fingerprint density at radius 2 is 1.81 bits per heavy atom. The van der Waals surface area contributed by atoms with Gasteiger partial charge in [0.05, 0.1) is 15.8 Å².